The van der Waals surface area contributed by atoms with E-state index in [0.717, 1.165) is 39.1 Å². The van der Waals surface area contributed by atoms with Gasteiger partial charge < -0.3 is 10.1 Å². The Balaban J connectivity index is 1.79. The molecule has 4 nitrogen and oxygen atoms in total. The van der Waals surface area contributed by atoms with Crippen molar-refractivity contribution < 1.29 is 9.53 Å². The Morgan fingerprint density at radius 3 is 2.33 bits per heavy atom. The number of hydrogen-bond acceptors (Lipinski definition) is 3. The normalized spacial score (nSPS) is 11.1. The number of aryl methyl sites for hydroxylation is 3. The molecule has 1 N–H and O–H groups in total. The summed E-state index contributed by atoms with van der Waals surface area (Å²) in [5.74, 6) is 0.304. The Labute approximate surface area is 204 Å². The standard InChI is InChI=1S/C27H24Cl2N2O2/c1-16-6-5-7-25(19(16)4)31-27(32)22(14-30)12-21-10-17(2)26(18(3)11-21)33-15-20-8-9-23(28)24(29)13-20/h5-13H,15H2,1-4H3,(H,31,32)/b22-12+. The molecule has 0 bridgehead atoms. The first-order chi connectivity index (χ1) is 15.7. The molecule has 0 unspecified atom stereocenters. The van der Waals surface area contributed by atoms with E-state index in [0.29, 0.717) is 22.3 Å². The van der Waals surface area contributed by atoms with Gasteiger partial charge >= 0.3 is 0 Å². The molecule has 3 rings (SSSR count). The maximum atomic E-state index is 12.7. The second-order valence-electron chi connectivity index (χ2n) is 7.89. The van der Waals surface area contributed by atoms with Gasteiger partial charge in [0.15, 0.2) is 0 Å². The summed E-state index contributed by atoms with van der Waals surface area (Å²) in [5, 5.41) is 13.4. The van der Waals surface area contributed by atoms with Crippen molar-refractivity contribution in [3.63, 3.8) is 0 Å². The largest absolute Gasteiger partial charge is 0.488 e. The number of nitriles is 1. The highest BCUT2D eigenvalue weighted by Crippen LogP contribution is 2.28. The Bertz CT molecular complexity index is 1270. The van der Waals surface area contributed by atoms with Gasteiger partial charge in [-0.1, -0.05) is 41.4 Å². The molecule has 0 fully saturated rings. The predicted octanol–water partition coefficient (Wildman–Crippen LogP) is 7.35. The van der Waals surface area contributed by atoms with Crippen molar-refractivity contribution in [2.45, 2.75) is 34.3 Å². The van der Waals surface area contributed by atoms with Gasteiger partial charge in [0.2, 0.25) is 0 Å². The van der Waals surface area contributed by atoms with Gasteiger partial charge in [0.25, 0.3) is 5.91 Å². The Morgan fingerprint density at radius 1 is 1.00 bits per heavy atom. The molecule has 6 heteroatoms. The molecule has 0 heterocycles. The number of carbonyl (C=O) groups is 1. The van der Waals surface area contributed by atoms with Gasteiger partial charge in [-0.2, -0.15) is 5.26 Å². The van der Waals surface area contributed by atoms with Crippen LogP contribution in [0.15, 0.2) is 54.1 Å². The third-order valence-electron chi connectivity index (χ3n) is 5.38. The average molecular weight is 479 g/mol. The van der Waals surface area contributed by atoms with Crippen molar-refractivity contribution >= 4 is 40.9 Å². The molecule has 0 saturated heterocycles. The van der Waals surface area contributed by atoms with Crippen LogP contribution in [0.5, 0.6) is 5.75 Å². The fourth-order valence-electron chi connectivity index (χ4n) is 3.47. The van der Waals surface area contributed by atoms with Crippen LogP contribution in [0.3, 0.4) is 0 Å². The number of nitrogens with one attached hydrogen (secondary N) is 1. The van der Waals surface area contributed by atoms with E-state index < -0.39 is 5.91 Å². The predicted molar refractivity (Wildman–Crippen MR) is 135 cm³/mol. The molecule has 3 aromatic carbocycles. The van der Waals surface area contributed by atoms with Gasteiger partial charge in [0.1, 0.15) is 24.0 Å². The number of halogens is 2. The van der Waals surface area contributed by atoms with Gasteiger partial charge in [-0.05, 0) is 97.5 Å². The van der Waals surface area contributed by atoms with Crippen LogP contribution in [0, 0.1) is 39.0 Å². The lowest BCUT2D eigenvalue weighted by molar-refractivity contribution is -0.112. The molecular formula is C27H24Cl2N2O2. The van der Waals surface area contributed by atoms with Crippen LogP contribution in [0.2, 0.25) is 10.0 Å². The first-order valence-corrected chi connectivity index (χ1v) is 11.1. The van der Waals surface area contributed by atoms with Crippen molar-refractivity contribution in [1.29, 1.82) is 5.26 Å². The van der Waals surface area contributed by atoms with Crippen LogP contribution >= 0.6 is 23.2 Å². The Kier molecular flexibility index (Phi) is 7.81. The van der Waals surface area contributed by atoms with E-state index in [1.165, 1.54) is 0 Å². The molecule has 0 aliphatic carbocycles. The highest BCUT2D eigenvalue weighted by molar-refractivity contribution is 6.42. The van der Waals surface area contributed by atoms with E-state index in [9.17, 15) is 10.1 Å². The zero-order valence-corrected chi connectivity index (χ0v) is 20.4. The topological polar surface area (TPSA) is 62.1 Å². The summed E-state index contributed by atoms with van der Waals surface area (Å²) < 4.78 is 6.02. The highest BCUT2D eigenvalue weighted by Gasteiger charge is 2.13. The molecular weight excluding hydrogens is 455 g/mol. The zero-order valence-electron chi connectivity index (χ0n) is 18.9. The molecule has 0 aromatic heterocycles. The van der Waals surface area contributed by atoms with Crippen molar-refractivity contribution in [3.05, 3.63) is 97.5 Å². The van der Waals surface area contributed by atoms with Crippen LogP contribution in [-0.4, -0.2) is 5.91 Å². The first kappa shape index (κ1) is 24.4. The van der Waals surface area contributed by atoms with Gasteiger partial charge in [0.05, 0.1) is 10.0 Å². The summed E-state index contributed by atoms with van der Waals surface area (Å²) in [7, 11) is 0. The second-order valence-corrected chi connectivity index (χ2v) is 8.71. The molecule has 168 valence electrons. The zero-order chi connectivity index (χ0) is 24.1. The maximum Gasteiger partial charge on any atom is 0.266 e. The number of hydrogen-bond donors (Lipinski definition) is 1. The number of amides is 1. The lowest BCUT2D eigenvalue weighted by atomic mass is 10.0. The lowest BCUT2D eigenvalue weighted by Crippen LogP contribution is -2.14. The molecule has 0 saturated carbocycles. The number of carbonyl (C=O) groups excluding carboxylic acids is 1. The van der Waals surface area contributed by atoms with E-state index in [4.69, 9.17) is 27.9 Å². The number of nitrogens with zero attached hydrogens (tertiary/aromatic N) is 1. The van der Waals surface area contributed by atoms with E-state index >= 15 is 0 Å². The molecule has 0 radical (unpaired) electrons. The SMILES string of the molecule is Cc1cccc(NC(=O)/C(C#N)=C/c2cc(C)c(OCc3ccc(Cl)c(Cl)c3)c(C)c2)c1C. The number of benzene rings is 3. The quantitative estimate of drug-likeness (QED) is 0.297. The van der Waals surface area contributed by atoms with E-state index in [2.05, 4.69) is 5.32 Å². The molecule has 0 atom stereocenters. The van der Waals surface area contributed by atoms with Gasteiger partial charge in [0, 0.05) is 5.69 Å². The van der Waals surface area contributed by atoms with Gasteiger partial charge in [-0.25, -0.2) is 0 Å². The van der Waals surface area contributed by atoms with Crippen LogP contribution in [0.25, 0.3) is 6.08 Å². The molecule has 0 aliphatic rings. The third kappa shape index (κ3) is 5.96. The molecule has 33 heavy (non-hydrogen) atoms. The van der Waals surface area contributed by atoms with Crippen LogP contribution in [-0.2, 0) is 11.4 Å². The average Bonchev–Trinajstić information content (AvgIpc) is 2.77. The molecule has 1 amide bonds. The number of ether oxygens (including phenoxy) is 1. The number of anilines is 1. The van der Waals surface area contributed by atoms with E-state index in [1.807, 2.05) is 70.2 Å². The maximum absolute atomic E-state index is 12.7. The van der Waals surface area contributed by atoms with Crippen LogP contribution < -0.4 is 10.1 Å². The second kappa shape index (κ2) is 10.6. The van der Waals surface area contributed by atoms with Crippen LogP contribution in [0.4, 0.5) is 5.69 Å². The summed E-state index contributed by atoms with van der Waals surface area (Å²) in [6.07, 6.45) is 1.59. The first-order valence-electron chi connectivity index (χ1n) is 10.4. The summed E-state index contributed by atoms with van der Waals surface area (Å²) in [6.45, 7) is 8.11. The van der Waals surface area contributed by atoms with Crippen LogP contribution in [0.1, 0.15) is 33.4 Å². The minimum Gasteiger partial charge on any atom is -0.488 e. The smallest absolute Gasteiger partial charge is 0.266 e. The minimum absolute atomic E-state index is 0.0270. The van der Waals surface area contributed by atoms with Crippen molar-refractivity contribution in [3.8, 4) is 11.8 Å². The minimum atomic E-state index is -0.443. The summed E-state index contributed by atoms with van der Waals surface area (Å²) >= 11 is 12.1. The summed E-state index contributed by atoms with van der Waals surface area (Å²) in [4.78, 5) is 12.7. The summed E-state index contributed by atoms with van der Waals surface area (Å²) in [6, 6.07) is 16.8. The van der Waals surface area contributed by atoms with E-state index in [-0.39, 0.29) is 5.57 Å². The fourth-order valence-corrected chi connectivity index (χ4v) is 3.79. The highest BCUT2D eigenvalue weighted by atomic mass is 35.5. The Morgan fingerprint density at radius 2 is 1.70 bits per heavy atom. The van der Waals surface area contributed by atoms with Crippen molar-refractivity contribution in [2.75, 3.05) is 5.32 Å². The number of rotatable bonds is 6. The fraction of sp³-hybridized carbons (Fsp3) is 0.185. The lowest BCUT2D eigenvalue weighted by Gasteiger charge is -2.14. The van der Waals surface area contributed by atoms with Crippen molar-refractivity contribution in [2.24, 2.45) is 0 Å². The van der Waals surface area contributed by atoms with Crippen molar-refractivity contribution in [1.82, 2.24) is 0 Å². The Hall–Kier alpha value is -3.26. The third-order valence-corrected chi connectivity index (χ3v) is 6.12. The summed E-state index contributed by atoms with van der Waals surface area (Å²) in [5.41, 5.74) is 6.21. The molecule has 0 aliphatic heterocycles. The molecule has 0 spiro atoms. The molecule has 3 aromatic rings. The van der Waals surface area contributed by atoms with E-state index in [1.54, 1.807) is 18.2 Å². The van der Waals surface area contributed by atoms with Gasteiger partial charge in [-0.15, -0.1) is 0 Å². The van der Waals surface area contributed by atoms with Gasteiger partial charge in [-0.3, -0.25) is 4.79 Å². The monoisotopic (exact) mass is 478 g/mol.